The topological polar surface area (TPSA) is 158 Å². The second-order valence-corrected chi connectivity index (χ2v) is 13.1. The van der Waals surface area contributed by atoms with Crippen molar-refractivity contribution in [3.63, 3.8) is 0 Å². The highest BCUT2D eigenvalue weighted by atomic mass is 16.5. The van der Waals surface area contributed by atoms with Gasteiger partial charge in [0, 0.05) is 50.3 Å². The third-order valence-electron chi connectivity index (χ3n) is 9.53. The molecular weight excluding hydrogens is 636 g/mol. The van der Waals surface area contributed by atoms with Crippen LogP contribution in [0, 0.1) is 5.92 Å². The minimum atomic E-state index is -0.676. The summed E-state index contributed by atoms with van der Waals surface area (Å²) in [6.45, 7) is 6.16. The molecule has 2 fully saturated rings. The molecule has 0 bridgehead atoms. The number of carbonyl (C=O) groups excluding carboxylic acids is 3. The number of benzene rings is 2. The standard InChI is InChI=1S/C37H46N8O5/c1-23(2)32(43-37(48)50-4)35(47)44-18-5-7-30(44)33-39-21-28(41-33)26-13-9-24(10-14-26)25-11-15-27(16-12-25)29-22-40-36(42-29)45-19-6-8-31(45)34(46)38-17-20-49-3/h9-16,21-23,30-32H,5-8,17-20H2,1-4H3,(H,38,46)(H,39,41)(H,40,42)(H,43,48)/t30-,31-,32-/m0/s1. The van der Waals surface area contributed by atoms with Crippen LogP contribution in [0.4, 0.5) is 10.7 Å². The molecule has 4 N–H and O–H groups in total. The Bertz CT molecular complexity index is 1770. The summed E-state index contributed by atoms with van der Waals surface area (Å²) in [4.78, 5) is 58.3. The van der Waals surface area contributed by atoms with Gasteiger partial charge in [-0.05, 0) is 42.7 Å². The lowest BCUT2D eigenvalue weighted by Gasteiger charge is -2.29. The van der Waals surface area contributed by atoms with E-state index in [0.29, 0.717) is 25.6 Å². The fourth-order valence-electron chi connectivity index (χ4n) is 6.81. The first kappa shape index (κ1) is 34.7. The van der Waals surface area contributed by atoms with Gasteiger partial charge in [0.05, 0.1) is 31.1 Å². The Labute approximate surface area is 292 Å². The molecule has 3 amide bonds. The maximum atomic E-state index is 13.5. The van der Waals surface area contributed by atoms with Crippen LogP contribution in [0.15, 0.2) is 60.9 Å². The van der Waals surface area contributed by atoms with Crippen LogP contribution in [-0.4, -0.2) is 95.3 Å². The number of ether oxygens (including phenoxy) is 2. The Morgan fingerprint density at radius 1 is 0.860 bits per heavy atom. The normalized spacial score (nSPS) is 18.0. The molecule has 0 spiro atoms. The van der Waals surface area contributed by atoms with Crippen LogP contribution in [-0.2, 0) is 19.1 Å². The zero-order chi connectivity index (χ0) is 35.2. The highest BCUT2D eigenvalue weighted by molar-refractivity contribution is 5.87. The predicted octanol–water partition coefficient (Wildman–Crippen LogP) is 4.91. The molecule has 0 radical (unpaired) electrons. The summed E-state index contributed by atoms with van der Waals surface area (Å²) in [6.07, 6.45) is 6.53. The quantitative estimate of drug-likeness (QED) is 0.154. The van der Waals surface area contributed by atoms with Gasteiger partial charge in [0.2, 0.25) is 17.8 Å². The fraction of sp³-hybridized carbons (Fsp3) is 0.432. The summed E-state index contributed by atoms with van der Waals surface area (Å²) >= 11 is 0. The van der Waals surface area contributed by atoms with Gasteiger partial charge in [0.15, 0.2) is 0 Å². The molecule has 4 aromatic rings. The zero-order valence-corrected chi connectivity index (χ0v) is 29.1. The number of hydrogen-bond donors (Lipinski definition) is 4. The smallest absolute Gasteiger partial charge is 0.407 e. The predicted molar refractivity (Wildman–Crippen MR) is 190 cm³/mol. The number of imidazole rings is 2. The van der Waals surface area contributed by atoms with Crippen molar-refractivity contribution in [2.75, 3.05) is 45.4 Å². The Kier molecular flexibility index (Phi) is 10.8. The number of carbonyl (C=O) groups is 3. The monoisotopic (exact) mass is 682 g/mol. The maximum Gasteiger partial charge on any atom is 0.407 e. The number of hydrogen-bond acceptors (Lipinski definition) is 8. The molecule has 2 aliphatic heterocycles. The number of methoxy groups -OCH3 is 2. The molecule has 0 aliphatic carbocycles. The van der Waals surface area contributed by atoms with Crippen molar-refractivity contribution in [2.24, 2.45) is 5.92 Å². The Balaban J connectivity index is 1.10. The van der Waals surface area contributed by atoms with E-state index < -0.39 is 12.1 Å². The Morgan fingerprint density at radius 2 is 1.48 bits per heavy atom. The number of likely N-dealkylation sites (tertiary alicyclic amines) is 1. The molecule has 0 saturated carbocycles. The maximum absolute atomic E-state index is 13.5. The van der Waals surface area contributed by atoms with Gasteiger partial charge in [-0.1, -0.05) is 62.4 Å². The van der Waals surface area contributed by atoms with Gasteiger partial charge in [-0.15, -0.1) is 0 Å². The number of nitrogens with one attached hydrogen (secondary N) is 4. The summed E-state index contributed by atoms with van der Waals surface area (Å²) in [5, 5.41) is 5.64. The van der Waals surface area contributed by atoms with E-state index in [4.69, 9.17) is 19.4 Å². The van der Waals surface area contributed by atoms with Gasteiger partial charge < -0.3 is 39.9 Å². The first-order valence-electron chi connectivity index (χ1n) is 17.3. The Morgan fingerprint density at radius 3 is 2.12 bits per heavy atom. The van der Waals surface area contributed by atoms with E-state index in [0.717, 1.165) is 71.7 Å². The van der Waals surface area contributed by atoms with Crippen LogP contribution in [0.5, 0.6) is 0 Å². The lowest BCUT2D eigenvalue weighted by atomic mass is 10.0. The number of H-pyrrole nitrogens is 2. The summed E-state index contributed by atoms with van der Waals surface area (Å²) < 4.78 is 9.80. The molecule has 3 atom stereocenters. The molecule has 50 heavy (non-hydrogen) atoms. The van der Waals surface area contributed by atoms with Crippen molar-refractivity contribution < 1.29 is 23.9 Å². The molecule has 4 heterocycles. The summed E-state index contributed by atoms with van der Waals surface area (Å²) in [5.41, 5.74) is 5.72. The van der Waals surface area contributed by atoms with Crippen LogP contribution in [0.1, 0.15) is 51.4 Å². The van der Waals surface area contributed by atoms with E-state index >= 15 is 0 Å². The summed E-state index contributed by atoms with van der Waals surface area (Å²) in [6, 6.07) is 15.4. The lowest BCUT2D eigenvalue weighted by Crippen LogP contribution is -2.51. The molecule has 2 saturated heterocycles. The largest absolute Gasteiger partial charge is 0.453 e. The zero-order valence-electron chi connectivity index (χ0n) is 29.1. The van der Waals surface area contributed by atoms with Crippen molar-refractivity contribution in [3.05, 3.63) is 66.7 Å². The summed E-state index contributed by atoms with van der Waals surface area (Å²) in [7, 11) is 2.91. The van der Waals surface area contributed by atoms with Crippen LogP contribution in [0.25, 0.3) is 33.6 Å². The van der Waals surface area contributed by atoms with Gasteiger partial charge in [0.1, 0.15) is 17.9 Å². The number of alkyl carbamates (subject to hydrolysis) is 1. The van der Waals surface area contributed by atoms with E-state index in [1.54, 1.807) is 7.11 Å². The molecule has 0 unspecified atom stereocenters. The van der Waals surface area contributed by atoms with E-state index in [1.165, 1.54) is 7.11 Å². The van der Waals surface area contributed by atoms with Gasteiger partial charge in [0.25, 0.3) is 0 Å². The number of anilines is 1. The minimum Gasteiger partial charge on any atom is -0.453 e. The van der Waals surface area contributed by atoms with Gasteiger partial charge in [-0.3, -0.25) is 9.59 Å². The third kappa shape index (κ3) is 7.52. The second-order valence-electron chi connectivity index (χ2n) is 13.1. The number of aromatic amines is 2. The van der Waals surface area contributed by atoms with E-state index in [2.05, 4.69) is 57.0 Å². The number of nitrogens with zero attached hydrogens (tertiary/aromatic N) is 4. The van der Waals surface area contributed by atoms with Crippen molar-refractivity contribution >= 4 is 23.9 Å². The third-order valence-corrected chi connectivity index (χ3v) is 9.53. The Hall–Kier alpha value is -5.17. The van der Waals surface area contributed by atoms with E-state index in [1.807, 2.05) is 48.2 Å². The van der Waals surface area contributed by atoms with Crippen molar-refractivity contribution in [1.82, 2.24) is 35.5 Å². The van der Waals surface area contributed by atoms with Crippen LogP contribution >= 0.6 is 0 Å². The number of aromatic nitrogens is 4. The molecule has 264 valence electrons. The molecule has 13 heteroatoms. The average Bonchev–Trinajstić information content (AvgIpc) is 3.97. The molecule has 2 aliphatic rings. The van der Waals surface area contributed by atoms with Gasteiger partial charge in [-0.2, -0.15) is 0 Å². The van der Waals surface area contributed by atoms with Crippen molar-refractivity contribution in [3.8, 4) is 33.6 Å². The molecule has 6 rings (SSSR count). The van der Waals surface area contributed by atoms with Crippen LogP contribution < -0.4 is 15.5 Å². The lowest BCUT2D eigenvalue weighted by molar-refractivity contribution is -0.135. The molecule has 2 aromatic heterocycles. The number of amides is 3. The minimum absolute atomic E-state index is 0.000757. The molecular formula is C37H46N8O5. The number of rotatable bonds is 12. The van der Waals surface area contributed by atoms with Gasteiger partial charge >= 0.3 is 6.09 Å². The summed E-state index contributed by atoms with van der Waals surface area (Å²) in [5.74, 6) is 1.21. The SMILES string of the molecule is COCCNC(=O)[C@@H]1CCCN1c1nc(-c2ccc(-c3ccc(-c4c[nH]c([C@@H]5CCCN5C(=O)[C@@H](NC(=O)OC)C(C)C)n4)cc3)cc2)c[nH]1. The van der Waals surface area contributed by atoms with Crippen molar-refractivity contribution in [1.29, 1.82) is 0 Å². The van der Waals surface area contributed by atoms with Crippen LogP contribution in [0.3, 0.4) is 0 Å². The van der Waals surface area contributed by atoms with Crippen molar-refractivity contribution in [2.45, 2.75) is 57.7 Å². The molecule has 13 nitrogen and oxygen atoms in total. The first-order valence-corrected chi connectivity index (χ1v) is 17.3. The molecule has 2 aromatic carbocycles. The highest BCUT2D eigenvalue weighted by Gasteiger charge is 2.37. The average molecular weight is 683 g/mol. The second kappa shape index (κ2) is 15.6. The highest BCUT2D eigenvalue weighted by Crippen LogP contribution is 2.34. The van der Waals surface area contributed by atoms with Gasteiger partial charge in [-0.25, -0.2) is 14.8 Å². The fourth-order valence-corrected chi connectivity index (χ4v) is 6.81. The van der Waals surface area contributed by atoms with E-state index in [-0.39, 0.29) is 29.8 Å². The van der Waals surface area contributed by atoms with Crippen LogP contribution in [0.2, 0.25) is 0 Å². The van der Waals surface area contributed by atoms with E-state index in [9.17, 15) is 14.4 Å². The first-order chi connectivity index (χ1) is 24.3.